The molecule has 1 aliphatic heterocycles. The smallest absolute Gasteiger partial charge is 0.157 e. The fourth-order valence-electron chi connectivity index (χ4n) is 4.19. The number of hydrogen-bond acceptors (Lipinski definition) is 5. The number of H-pyrrole nitrogens is 1. The molecule has 0 bridgehead atoms. The molecule has 0 aliphatic carbocycles. The lowest BCUT2D eigenvalue weighted by molar-refractivity contribution is -0.0278. The fourth-order valence-corrected chi connectivity index (χ4v) is 4.51. The van der Waals surface area contributed by atoms with E-state index in [4.69, 9.17) is 4.74 Å². The molecule has 1 saturated heterocycles. The molecule has 0 amide bonds. The van der Waals surface area contributed by atoms with Crippen LogP contribution >= 0.6 is 15.9 Å². The number of benzene rings is 2. The maximum atomic E-state index is 11.0. The Labute approximate surface area is 195 Å². The van der Waals surface area contributed by atoms with Gasteiger partial charge in [-0.15, -0.1) is 0 Å². The minimum atomic E-state index is -0.712. The van der Waals surface area contributed by atoms with E-state index < -0.39 is 5.60 Å². The largest absolute Gasteiger partial charge is 0.492 e. The molecule has 1 fully saturated rings. The predicted octanol–water partition coefficient (Wildman–Crippen LogP) is 4.75. The summed E-state index contributed by atoms with van der Waals surface area (Å²) in [5.74, 6) is 1.62. The highest BCUT2D eigenvalue weighted by Gasteiger charge is 2.33. The number of fused-ring (bicyclic) bond motifs is 1. The number of nitrogens with one attached hydrogen (secondary N) is 1. The molecule has 7 heteroatoms. The molecule has 3 heterocycles. The van der Waals surface area contributed by atoms with E-state index in [0.29, 0.717) is 6.61 Å². The zero-order chi connectivity index (χ0) is 22.0. The van der Waals surface area contributed by atoms with E-state index in [2.05, 4.69) is 35.8 Å². The summed E-state index contributed by atoms with van der Waals surface area (Å²) in [5, 5.41) is 11.0. The highest BCUT2D eigenvalue weighted by Crippen LogP contribution is 2.32. The Morgan fingerprint density at radius 1 is 1.06 bits per heavy atom. The Bertz CT molecular complexity index is 1190. The van der Waals surface area contributed by atoms with Gasteiger partial charge < -0.3 is 14.8 Å². The average Bonchev–Trinajstić information content (AvgIpc) is 3.25. The first kappa shape index (κ1) is 21.1. The standard InChI is InChI=1S/C25H25BrN4O2/c26-20-16-22-24(27-17-20)29-23(28-22)18-6-8-21(9-7-18)32-15-14-30-12-10-25(31,11-13-30)19-4-2-1-3-5-19/h1-9,16-17,31H,10-15H2,(H,27,28,29). The highest BCUT2D eigenvalue weighted by atomic mass is 79.9. The summed E-state index contributed by atoms with van der Waals surface area (Å²) in [6, 6.07) is 19.9. The van der Waals surface area contributed by atoms with Crippen molar-refractivity contribution in [2.24, 2.45) is 0 Å². The Morgan fingerprint density at radius 2 is 1.81 bits per heavy atom. The summed E-state index contributed by atoms with van der Waals surface area (Å²) >= 11 is 3.43. The number of halogens is 1. The Balaban J connectivity index is 1.13. The van der Waals surface area contributed by atoms with Gasteiger partial charge in [-0.1, -0.05) is 30.3 Å². The first-order valence-corrected chi connectivity index (χ1v) is 11.6. The molecule has 5 rings (SSSR count). The van der Waals surface area contributed by atoms with Gasteiger partial charge in [-0.3, -0.25) is 4.90 Å². The number of ether oxygens (including phenoxy) is 1. The van der Waals surface area contributed by atoms with Gasteiger partial charge in [0.05, 0.1) is 5.60 Å². The van der Waals surface area contributed by atoms with E-state index in [0.717, 1.165) is 70.8 Å². The first-order chi connectivity index (χ1) is 15.6. The number of aromatic amines is 1. The molecule has 0 unspecified atom stereocenters. The fraction of sp³-hybridized carbons (Fsp3) is 0.280. The summed E-state index contributed by atoms with van der Waals surface area (Å²) < 4.78 is 6.87. The lowest BCUT2D eigenvalue weighted by Crippen LogP contribution is -2.43. The SMILES string of the molecule is OC1(c2ccccc2)CCN(CCOc2ccc(-c3nc4cc(Br)cnc4[nH]3)cc2)CC1. The van der Waals surface area contributed by atoms with Crippen molar-refractivity contribution in [3.8, 4) is 17.1 Å². The van der Waals surface area contributed by atoms with E-state index in [9.17, 15) is 5.11 Å². The number of aromatic nitrogens is 3. The molecular weight excluding hydrogens is 468 g/mol. The van der Waals surface area contributed by atoms with E-state index in [1.807, 2.05) is 60.7 Å². The van der Waals surface area contributed by atoms with Gasteiger partial charge in [0.1, 0.15) is 23.7 Å². The van der Waals surface area contributed by atoms with Gasteiger partial charge >= 0.3 is 0 Å². The molecule has 32 heavy (non-hydrogen) atoms. The molecule has 4 aromatic rings. The molecule has 1 aliphatic rings. The monoisotopic (exact) mass is 492 g/mol. The van der Waals surface area contributed by atoms with Crippen LogP contribution in [0.15, 0.2) is 71.3 Å². The summed E-state index contributed by atoms with van der Waals surface area (Å²) in [7, 11) is 0. The third-order valence-electron chi connectivity index (χ3n) is 6.10. The minimum absolute atomic E-state index is 0.617. The number of piperidine rings is 1. The van der Waals surface area contributed by atoms with Crippen molar-refractivity contribution in [3.63, 3.8) is 0 Å². The summed E-state index contributed by atoms with van der Waals surface area (Å²) in [4.78, 5) is 14.6. The van der Waals surface area contributed by atoms with Crippen LogP contribution in [0.2, 0.25) is 0 Å². The van der Waals surface area contributed by atoms with Crippen LogP contribution in [-0.4, -0.2) is 51.2 Å². The van der Waals surface area contributed by atoms with Gasteiger partial charge in [0.15, 0.2) is 5.65 Å². The average molecular weight is 493 g/mol. The van der Waals surface area contributed by atoms with Crippen LogP contribution in [0.3, 0.4) is 0 Å². The lowest BCUT2D eigenvalue weighted by atomic mass is 9.84. The van der Waals surface area contributed by atoms with E-state index in [1.54, 1.807) is 6.20 Å². The van der Waals surface area contributed by atoms with Crippen LogP contribution in [0.5, 0.6) is 5.75 Å². The molecule has 2 aromatic heterocycles. The molecule has 6 nitrogen and oxygen atoms in total. The molecule has 2 N–H and O–H groups in total. The maximum Gasteiger partial charge on any atom is 0.157 e. The van der Waals surface area contributed by atoms with Crippen LogP contribution in [0.1, 0.15) is 18.4 Å². The second-order valence-electron chi connectivity index (χ2n) is 8.22. The van der Waals surface area contributed by atoms with Crippen molar-refractivity contribution in [2.75, 3.05) is 26.2 Å². The zero-order valence-corrected chi connectivity index (χ0v) is 19.3. The predicted molar refractivity (Wildman–Crippen MR) is 129 cm³/mol. The third-order valence-corrected chi connectivity index (χ3v) is 6.54. The highest BCUT2D eigenvalue weighted by molar-refractivity contribution is 9.10. The normalized spacial score (nSPS) is 16.3. The van der Waals surface area contributed by atoms with Crippen LogP contribution in [-0.2, 0) is 5.60 Å². The molecule has 0 radical (unpaired) electrons. The molecule has 164 valence electrons. The number of hydrogen-bond donors (Lipinski definition) is 2. The molecule has 0 saturated carbocycles. The van der Waals surface area contributed by atoms with Crippen LogP contribution in [0, 0.1) is 0 Å². The molecule has 2 aromatic carbocycles. The van der Waals surface area contributed by atoms with Crippen molar-refractivity contribution in [2.45, 2.75) is 18.4 Å². The Kier molecular flexibility index (Phi) is 5.95. The summed E-state index contributed by atoms with van der Waals surface area (Å²) in [5.41, 5.74) is 2.89. The molecule has 0 atom stereocenters. The van der Waals surface area contributed by atoms with Crippen molar-refractivity contribution in [1.29, 1.82) is 0 Å². The number of nitrogens with zero attached hydrogens (tertiary/aromatic N) is 3. The van der Waals surface area contributed by atoms with Gasteiger partial charge in [0.25, 0.3) is 0 Å². The first-order valence-electron chi connectivity index (χ1n) is 10.8. The van der Waals surface area contributed by atoms with Crippen LogP contribution < -0.4 is 4.74 Å². The Hall–Kier alpha value is -2.74. The minimum Gasteiger partial charge on any atom is -0.492 e. The van der Waals surface area contributed by atoms with Gasteiger partial charge in [0, 0.05) is 35.9 Å². The quantitative estimate of drug-likeness (QED) is 0.406. The van der Waals surface area contributed by atoms with Crippen LogP contribution in [0.4, 0.5) is 0 Å². The van der Waals surface area contributed by atoms with Gasteiger partial charge in [-0.25, -0.2) is 9.97 Å². The topological polar surface area (TPSA) is 74.3 Å². The van der Waals surface area contributed by atoms with Crippen molar-refractivity contribution >= 4 is 27.1 Å². The number of rotatable bonds is 6. The second kappa shape index (κ2) is 9.02. The number of aliphatic hydroxyl groups is 1. The Morgan fingerprint density at radius 3 is 2.56 bits per heavy atom. The van der Waals surface area contributed by atoms with E-state index in [-0.39, 0.29) is 0 Å². The summed E-state index contributed by atoms with van der Waals surface area (Å²) in [6.45, 7) is 3.19. The number of likely N-dealkylation sites (tertiary alicyclic amines) is 1. The van der Waals surface area contributed by atoms with Gasteiger partial charge in [-0.05, 0) is 64.7 Å². The maximum absolute atomic E-state index is 11.0. The lowest BCUT2D eigenvalue weighted by Gasteiger charge is -2.38. The molecular formula is C25H25BrN4O2. The van der Waals surface area contributed by atoms with E-state index in [1.165, 1.54) is 0 Å². The second-order valence-corrected chi connectivity index (χ2v) is 9.13. The summed E-state index contributed by atoms with van der Waals surface area (Å²) in [6.07, 6.45) is 3.25. The van der Waals surface area contributed by atoms with Crippen molar-refractivity contribution < 1.29 is 9.84 Å². The molecule has 0 spiro atoms. The van der Waals surface area contributed by atoms with E-state index >= 15 is 0 Å². The number of imidazole rings is 1. The van der Waals surface area contributed by atoms with Crippen molar-refractivity contribution in [1.82, 2.24) is 19.9 Å². The van der Waals surface area contributed by atoms with Gasteiger partial charge in [-0.2, -0.15) is 0 Å². The zero-order valence-electron chi connectivity index (χ0n) is 17.7. The van der Waals surface area contributed by atoms with Gasteiger partial charge in [0.2, 0.25) is 0 Å². The number of pyridine rings is 1. The van der Waals surface area contributed by atoms with Crippen LogP contribution in [0.25, 0.3) is 22.6 Å². The third kappa shape index (κ3) is 4.55. The van der Waals surface area contributed by atoms with Crippen molar-refractivity contribution in [3.05, 3.63) is 76.9 Å².